The highest BCUT2D eigenvalue weighted by Gasteiger charge is 2.57. The molecule has 5 fully saturated rings. The number of anilines is 1. The summed E-state index contributed by atoms with van der Waals surface area (Å²) in [7, 11) is 5.67. The molecule has 2 saturated heterocycles. The molecule has 0 aromatic heterocycles. The number of piperazine rings is 1. The summed E-state index contributed by atoms with van der Waals surface area (Å²) in [4.78, 5) is 27.9. The first-order valence-electron chi connectivity index (χ1n) is 22.6. The lowest BCUT2D eigenvalue weighted by molar-refractivity contribution is -0.175. The number of hydroxylamine groups is 2. The Morgan fingerprint density at radius 1 is 0.984 bits per heavy atom. The van der Waals surface area contributed by atoms with Gasteiger partial charge in [-0.15, -0.1) is 0 Å². The van der Waals surface area contributed by atoms with Crippen molar-refractivity contribution < 1.29 is 24.6 Å². The zero-order valence-corrected chi connectivity index (χ0v) is 37.7. The average Bonchev–Trinajstić information content (AvgIpc) is 3.65. The number of carbonyl (C=O) groups is 1. The van der Waals surface area contributed by atoms with Gasteiger partial charge in [0.2, 0.25) is 0 Å². The van der Waals surface area contributed by atoms with Crippen LogP contribution in [0, 0.1) is 29.1 Å². The Hall–Kier alpha value is -4.71. The summed E-state index contributed by atoms with van der Waals surface area (Å²) >= 11 is 0. The summed E-state index contributed by atoms with van der Waals surface area (Å²) in [5.74, 6) is 2.09. The van der Waals surface area contributed by atoms with Crippen LogP contribution in [0.3, 0.4) is 0 Å². The van der Waals surface area contributed by atoms with Crippen molar-refractivity contribution in [2.75, 3.05) is 52.3 Å². The molecule has 9 rings (SSSR count). The fraction of sp³-hybridized carbons (Fsp3) is 0.481. The first-order valence-corrected chi connectivity index (χ1v) is 22.6. The van der Waals surface area contributed by atoms with Crippen LogP contribution in [0.4, 0.5) is 5.69 Å². The van der Waals surface area contributed by atoms with E-state index in [-0.39, 0.29) is 24.6 Å². The van der Waals surface area contributed by atoms with E-state index in [4.69, 9.17) is 9.57 Å². The number of hydrogen-bond acceptors (Lipinski definition) is 9. The molecule has 10 nitrogen and oxygen atoms in total. The van der Waals surface area contributed by atoms with E-state index in [1.165, 1.54) is 12.0 Å². The van der Waals surface area contributed by atoms with Crippen molar-refractivity contribution in [2.24, 2.45) is 29.1 Å². The Bertz CT molecular complexity index is 2200. The van der Waals surface area contributed by atoms with E-state index in [9.17, 15) is 15.0 Å². The lowest BCUT2D eigenvalue weighted by Gasteiger charge is -2.62. The highest BCUT2D eigenvalue weighted by molar-refractivity contribution is 5.97. The quantitative estimate of drug-likeness (QED) is 0.118. The van der Waals surface area contributed by atoms with Crippen LogP contribution < -0.4 is 15.0 Å². The molecule has 3 N–H and O–H groups in total. The predicted molar refractivity (Wildman–Crippen MR) is 246 cm³/mol. The molecule has 9 atom stereocenters. The number of aliphatic hydroxyl groups is 2. The number of nitrogens with zero attached hydrogens (tertiary/aromatic N) is 4. The normalized spacial score (nSPS) is 27.6. The van der Waals surface area contributed by atoms with Gasteiger partial charge in [-0.25, -0.2) is 0 Å². The Balaban J connectivity index is 1.08. The van der Waals surface area contributed by atoms with Gasteiger partial charge in [0.05, 0.1) is 38.4 Å². The molecule has 3 aliphatic carbocycles. The van der Waals surface area contributed by atoms with E-state index in [2.05, 4.69) is 80.0 Å². The van der Waals surface area contributed by atoms with Crippen LogP contribution in [0.5, 0.6) is 5.75 Å². The molecule has 2 bridgehead atoms. The molecule has 5 aliphatic rings. The van der Waals surface area contributed by atoms with Gasteiger partial charge in [-0.05, 0) is 77.8 Å². The van der Waals surface area contributed by atoms with Crippen LogP contribution >= 0.6 is 0 Å². The first kappa shape index (κ1) is 43.9. The molecule has 4 aromatic rings. The second-order valence-electron chi connectivity index (χ2n) is 19.2. The van der Waals surface area contributed by atoms with E-state index in [0.29, 0.717) is 47.6 Å². The van der Waals surface area contributed by atoms with Gasteiger partial charge in [-0.2, -0.15) is 5.06 Å². The van der Waals surface area contributed by atoms with E-state index in [1.807, 2.05) is 83.6 Å². The molecule has 62 heavy (non-hydrogen) atoms. The van der Waals surface area contributed by atoms with E-state index in [1.54, 1.807) is 14.0 Å². The zero-order chi connectivity index (χ0) is 43.9. The largest absolute Gasteiger partial charge is 0.496 e. The van der Waals surface area contributed by atoms with Gasteiger partial charge in [0.15, 0.2) is 0 Å². The number of ether oxygens (including phenoxy) is 1. The van der Waals surface area contributed by atoms with Crippen LogP contribution in [0.15, 0.2) is 109 Å². The van der Waals surface area contributed by atoms with Gasteiger partial charge < -0.3 is 30.1 Å². The minimum atomic E-state index is -0.747. The van der Waals surface area contributed by atoms with Crippen LogP contribution in [0.2, 0.25) is 0 Å². The second-order valence-corrected chi connectivity index (χ2v) is 19.2. The van der Waals surface area contributed by atoms with Crippen LogP contribution in [-0.4, -0.2) is 103 Å². The molecule has 330 valence electrons. The van der Waals surface area contributed by atoms with Crippen molar-refractivity contribution in [3.8, 4) is 16.9 Å². The third-order valence-electron chi connectivity index (χ3n) is 15.0. The molecule has 2 aliphatic heterocycles. The van der Waals surface area contributed by atoms with Gasteiger partial charge in [-0.1, -0.05) is 106 Å². The summed E-state index contributed by atoms with van der Waals surface area (Å²) in [6, 6.07) is 32.8. The van der Waals surface area contributed by atoms with Crippen LogP contribution in [0.25, 0.3) is 11.1 Å². The zero-order valence-electron chi connectivity index (χ0n) is 37.7. The number of fused-ring (bicyclic) bond motifs is 2. The van der Waals surface area contributed by atoms with Gasteiger partial charge in [0.1, 0.15) is 11.9 Å². The number of carbonyl (C=O) groups excluding carboxylic acids is 1. The SMILES string of the molecule is C=C(N[C@H]1C[C@@H]2C[C@@H]([C@@H]1C)C2(C)C)[C@@H]1[C@H]([C@H](C)O)[C@H](CO)ON1Cc1cccc(-c2cc(C(=O)N3CCN(Cc4ccccc4)CC3c3ccccc3)cc(N(C)C)c2)c1OC. The Morgan fingerprint density at radius 3 is 2.35 bits per heavy atom. The van der Waals surface area contributed by atoms with Crippen LogP contribution in [-0.2, 0) is 17.9 Å². The maximum atomic E-state index is 14.9. The van der Waals surface area contributed by atoms with Crippen molar-refractivity contribution in [2.45, 2.75) is 84.0 Å². The van der Waals surface area contributed by atoms with Crippen LogP contribution in [0.1, 0.15) is 73.6 Å². The van der Waals surface area contributed by atoms with E-state index >= 15 is 0 Å². The van der Waals surface area contributed by atoms with Crippen molar-refractivity contribution >= 4 is 11.6 Å². The summed E-state index contributed by atoms with van der Waals surface area (Å²) in [5, 5.41) is 27.4. The minimum absolute atomic E-state index is 0.00929. The molecule has 0 radical (unpaired) electrons. The molecule has 2 heterocycles. The monoisotopic (exact) mass is 842 g/mol. The smallest absolute Gasteiger partial charge is 0.254 e. The molecular weight excluding hydrogens is 775 g/mol. The molecule has 4 aromatic carbocycles. The van der Waals surface area contributed by atoms with Gasteiger partial charge in [-0.3, -0.25) is 14.5 Å². The van der Waals surface area contributed by atoms with Crippen molar-refractivity contribution in [3.05, 3.63) is 132 Å². The second kappa shape index (κ2) is 18.2. The Kier molecular flexibility index (Phi) is 12.9. The topological polar surface area (TPSA) is 101 Å². The third-order valence-corrected chi connectivity index (χ3v) is 15.0. The number of rotatable bonds is 14. The summed E-state index contributed by atoms with van der Waals surface area (Å²) in [6.07, 6.45) is 1.02. The fourth-order valence-corrected chi connectivity index (χ4v) is 11.3. The van der Waals surface area contributed by atoms with Crippen molar-refractivity contribution in [3.63, 3.8) is 0 Å². The number of nitrogens with one attached hydrogen (secondary N) is 1. The number of benzene rings is 4. The maximum absolute atomic E-state index is 14.9. The first-order chi connectivity index (χ1) is 29.8. The Labute approximate surface area is 369 Å². The number of aliphatic hydroxyl groups excluding tert-OH is 2. The average molecular weight is 842 g/mol. The molecule has 3 saturated carbocycles. The maximum Gasteiger partial charge on any atom is 0.254 e. The van der Waals surface area contributed by atoms with Crippen molar-refractivity contribution in [1.82, 2.24) is 20.2 Å². The standard InChI is InChI=1S/C52H67N5O5/c1-33-44-27-41(52(44,4)5)28-45(33)53-34(2)49-48(35(3)59)47(32-58)62-57(49)30-38-20-15-21-43(50(38)61-8)39-24-40(26-42(25-39)54(6)7)51(60)56-23-22-55(29-36-16-11-9-12-17-36)31-46(56)37-18-13-10-14-19-37/h9-21,24-26,33,35,41,44-49,53,58-59H,2,22-23,27-32H2,1,3-8H3/t33-,35-,41-,44-,45-,46?,47-,48+,49+/m0/s1. The highest BCUT2D eigenvalue weighted by Crippen LogP contribution is 2.61. The summed E-state index contributed by atoms with van der Waals surface area (Å²) in [6.45, 7) is 16.5. The number of amides is 1. The lowest BCUT2D eigenvalue weighted by Crippen LogP contribution is -2.60. The molecule has 0 spiro atoms. The highest BCUT2D eigenvalue weighted by atomic mass is 16.7. The molecule has 10 heteroatoms. The molecule has 1 unspecified atom stereocenters. The van der Waals surface area contributed by atoms with Crippen molar-refractivity contribution in [1.29, 1.82) is 0 Å². The predicted octanol–water partition coefficient (Wildman–Crippen LogP) is 7.78. The van der Waals surface area contributed by atoms with E-state index in [0.717, 1.165) is 59.7 Å². The summed E-state index contributed by atoms with van der Waals surface area (Å²) in [5.41, 5.74) is 7.66. The van der Waals surface area contributed by atoms with E-state index < -0.39 is 24.2 Å². The van der Waals surface area contributed by atoms with Gasteiger partial charge >= 0.3 is 0 Å². The number of methoxy groups -OCH3 is 1. The fourth-order valence-electron chi connectivity index (χ4n) is 11.3. The molecule has 1 amide bonds. The van der Waals surface area contributed by atoms with Gasteiger partial charge in [0.25, 0.3) is 5.91 Å². The van der Waals surface area contributed by atoms with Gasteiger partial charge in [0, 0.05) is 80.3 Å². The number of hydrogen-bond donors (Lipinski definition) is 3. The summed E-state index contributed by atoms with van der Waals surface area (Å²) < 4.78 is 6.26. The lowest BCUT2D eigenvalue weighted by atomic mass is 9.44. The third kappa shape index (κ3) is 8.52. The molecular formula is C52H67N5O5. The Morgan fingerprint density at radius 2 is 1.71 bits per heavy atom. The minimum Gasteiger partial charge on any atom is -0.496 e. The number of para-hydroxylation sites is 1.